The van der Waals surface area contributed by atoms with E-state index in [-0.39, 0.29) is 53.3 Å². The number of rotatable bonds is 18. The molecule has 0 aliphatic carbocycles. The summed E-state index contributed by atoms with van der Waals surface area (Å²) in [6, 6.07) is -2.79. The maximum atomic E-state index is 13.9. The van der Waals surface area contributed by atoms with Gasteiger partial charge in [-0.15, -0.1) is 0 Å². The van der Waals surface area contributed by atoms with E-state index in [0.717, 1.165) is 0 Å². The molecule has 0 fully saturated rings. The fourth-order valence-electron chi connectivity index (χ4n) is 4.80. The Balaban J connectivity index is 5.82. The van der Waals surface area contributed by atoms with Crippen LogP contribution < -0.4 is 27.4 Å². The Bertz CT molecular complexity index is 871. The summed E-state index contributed by atoms with van der Waals surface area (Å²) in [5.74, 6) is -1.40. The second kappa shape index (κ2) is 18.5. The average Bonchev–Trinajstić information content (AvgIpc) is 2.86. The van der Waals surface area contributed by atoms with Crippen LogP contribution in [0.5, 0.6) is 0 Å². The molecule has 12 heteroatoms. The number of guanidine groups is 1. The van der Waals surface area contributed by atoms with E-state index in [1.807, 2.05) is 55.4 Å². The minimum absolute atomic E-state index is 0.0292. The lowest BCUT2D eigenvalue weighted by Gasteiger charge is -2.38. The van der Waals surface area contributed by atoms with Gasteiger partial charge in [0.05, 0.1) is 6.04 Å². The molecule has 0 heterocycles. The number of nitrogens with one attached hydrogen (secondary N) is 3. The van der Waals surface area contributed by atoms with E-state index in [2.05, 4.69) is 20.9 Å². The molecular weight excluding hydrogens is 524 g/mol. The fraction of sp³-hybridized carbons (Fsp3) is 0.828. The monoisotopic (exact) mass is 582 g/mol. The third kappa shape index (κ3) is 12.7. The maximum Gasteiger partial charge on any atom is 0.246 e. The zero-order chi connectivity index (χ0) is 32.0. The van der Waals surface area contributed by atoms with Gasteiger partial charge in [0.2, 0.25) is 23.6 Å². The molecule has 0 aliphatic heterocycles. The number of amides is 4. The van der Waals surface area contributed by atoms with Crippen LogP contribution in [0, 0.1) is 23.7 Å². The van der Waals surface area contributed by atoms with Crippen molar-refractivity contribution in [3.8, 4) is 0 Å². The van der Waals surface area contributed by atoms with Crippen LogP contribution in [0.3, 0.4) is 0 Å². The lowest BCUT2D eigenvalue weighted by atomic mass is 9.95. The number of unbranched alkanes of at least 4 members (excludes halogenated alkanes) is 1. The fourth-order valence-corrected chi connectivity index (χ4v) is 4.80. The van der Waals surface area contributed by atoms with Crippen LogP contribution in [0.2, 0.25) is 0 Å². The zero-order valence-electron chi connectivity index (χ0n) is 27.3. The van der Waals surface area contributed by atoms with Crippen LogP contribution in [0.4, 0.5) is 0 Å². The molecule has 0 saturated heterocycles. The summed E-state index contributed by atoms with van der Waals surface area (Å²) < 4.78 is 0. The van der Waals surface area contributed by atoms with E-state index in [0.29, 0.717) is 32.4 Å². The molecule has 0 rings (SSSR count). The minimum atomic E-state index is -0.821. The van der Waals surface area contributed by atoms with Crippen LogP contribution >= 0.6 is 0 Å². The van der Waals surface area contributed by atoms with E-state index in [1.54, 1.807) is 21.1 Å². The second-order valence-corrected chi connectivity index (χ2v) is 12.3. The number of likely N-dealkylation sites (N-methyl/N-ethyl adjacent to an activating group) is 3. The summed E-state index contributed by atoms with van der Waals surface area (Å²) in [6.45, 7) is 16.2. The number of nitrogens with two attached hydrogens (primary N) is 2. The predicted molar refractivity (Wildman–Crippen MR) is 165 cm³/mol. The molecule has 0 saturated carbocycles. The average molecular weight is 583 g/mol. The molecule has 0 radical (unpaired) electrons. The van der Waals surface area contributed by atoms with Crippen molar-refractivity contribution in [3.63, 3.8) is 0 Å². The molecule has 4 amide bonds. The third-order valence-electron chi connectivity index (χ3n) is 7.13. The first-order valence-electron chi connectivity index (χ1n) is 14.8. The summed E-state index contributed by atoms with van der Waals surface area (Å²) in [4.78, 5) is 60.7. The highest BCUT2D eigenvalue weighted by molar-refractivity contribution is 5.95. The van der Waals surface area contributed by atoms with Crippen LogP contribution in [-0.4, -0.2) is 97.8 Å². The third-order valence-corrected chi connectivity index (χ3v) is 7.13. The molecule has 41 heavy (non-hydrogen) atoms. The molecule has 0 bridgehead atoms. The van der Waals surface area contributed by atoms with Gasteiger partial charge in [0.1, 0.15) is 18.1 Å². The van der Waals surface area contributed by atoms with Crippen molar-refractivity contribution in [1.82, 2.24) is 25.8 Å². The molecule has 0 aromatic rings. The molecule has 7 N–H and O–H groups in total. The number of aliphatic imine (C=N–C) groups is 1. The highest BCUT2D eigenvalue weighted by Crippen LogP contribution is 2.20. The summed E-state index contributed by atoms with van der Waals surface area (Å²) in [7, 11) is 4.91. The van der Waals surface area contributed by atoms with Crippen molar-refractivity contribution in [3.05, 3.63) is 0 Å². The summed E-state index contributed by atoms with van der Waals surface area (Å²) in [5, 5.41) is 8.84. The van der Waals surface area contributed by atoms with Crippen molar-refractivity contribution in [2.45, 2.75) is 98.8 Å². The summed E-state index contributed by atoms with van der Waals surface area (Å²) in [5.41, 5.74) is 10.7. The van der Waals surface area contributed by atoms with Gasteiger partial charge in [-0.3, -0.25) is 24.2 Å². The number of nitrogens with zero attached hydrogens (tertiary/aromatic N) is 3. The quantitative estimate of drug-likeness (QED) is 0.0906. The van der Waals surface area contributed by atoms with E-state index >= 15 is 0 Å². The normalized spacial score (nSPS) is 14.4. The predicted octanol–water partition coefficient (Wildman–Crippen LogP) is 0.897. The van der Waals surface area contributed by atoms with Gasteiger partial charge in [-0.2, -0.15) is 0 Å². The van der Waals surface area contributed by atoms with Gasteiger partial charge in [-0.1, -0.05) is 55.4 Å². The van der Waals surface area contributed by atoms with Crippen LogP contribution in [-0.2, 0) is 19.2 Å². The van der Waals surface area contributed by atoms with E-state index < -0.39 is 24.2 Å². The molecule has 0 unspecified atom stereocenters. The lowest BCUT2D eigenvalue weighted by Crippen LogP contribution is -2.61. The number of hydrogen-bond donors (Lipinski definition) is 5. The number of hydrogen-bond acceptors (Lipinski definition) is 6. The maximum absolute atomic E-state index is 13.9. The SMILES string of the molecule is CN[C@H](C(=O)N[C@H](C(=O)N(C)[C@H](C(=O)N(C)[C@@H](CC(C)C)C(=O)NCCCCN=C(N)N)C(C)C)C(C)C)C(C)C. The van der Waals surface area contributed by atoms with Crippen LogP contribution in [0.1, 0.15) is 74.7 Å². The molecule has 0 aromatic carbocycles. The van der Waals surface area contributed by atoms with Gasteiger partial charge in [0.25, 0.3) is 0 Å². The Hall–Kier alpha value is -2.89. The van der Waals surface area contributed by atoms with E-state index in [4.69, 9.17) is 11.5 Å². The standard InChI is InChI=1S/C29H58N8O4/c1-17(2)16-21(25(38)33-14-12-13-15-34-29(30)31)36(10)28(41)24(20(7)8)37(11)27(40)23(19(5)6)35-26(39)22(32-9)18(3)4/h17-24,32H,12-16H2,1-11H3,(H,33,38)(H,35,39)(H4,30,31,34)/t21-,22-,23-,24-/m0/s1. The molecule has 4 atom stereocenters. The topological polar surface area (TPSA) is 175 Å². The Morgan fingerprint density at radius 2 is 1.32 bits per heavy atom. The highest BCUT2D eigenvalue weighted by Gasteiger charge is 2.39. The Labute approximate surface area is 247 Å². The van der Waals surface area contributed by atoms with Crippen molar-refractivity contribution >= 4 is 29.6 Å². The van der Waals surface area contributed by atoms with Gasteiger partial charge in [0.15, 0.2) is 5.96 Å². The van der Waals surface area contributed by atoms with E-state index in [1.165, 1.54) is 9.80 Å². The minimum Gasteiger partial charge on any atom is -0.370 e. The number of carbonyl (C=O) groups excluding carboxylic acids is 4. The Morgan fingerprint density at radius 1 is 0.756 bits per heavy atom. The van der Waals surface area contributed by atoms with Crippen molar-refractivity contribution in [2.24, 2.45) is 40.1 Å². The van der Waals surface area contributed by atoms with Gasteiger partial charge in [-0.05, 0) is 50.0 Å². The van der Waals surface area contributed by atoms with Gasteiger partial charge >= 0.3 is 0 Å². The summed E-state index contributed by atoms with van der Waals surface area (Å²) >= 11 is 0. The van der Waals surface area contributed by atoms with Crippen molar-refractivity contribution in [1.29, 1.82) is 0 Å². The first-order valence-corrected chi connectivity index (χ1v) is 14.8. The second-order valence-electron chi connectivity index (χ2n) is 12.3. The number of carbonyl (C=O) groups is 4. The summed E-state index contributed by atoms with van der Waals surface area (Å²) in [6.07, 6.45) is 1.87. The lowest BCUT2D eigenvalue weighted by molar-refractivity contribution is -0.151. The first-order chi connectivity index (χ1) is 19.0. The van der Waals surface area contributed by atoms with Crippen molar-refractivity contribution < 1.29 is 19.2 Å². The van der Waals surface area contributed by atoms with Gasteiger partial charge < -0.3 is 37.2 Å². The molecule has 12 nitrogen and oxygen atoms in total. The van der Waals surface area contributed by atoms with Gasteiger partial charge in [0, 0.05) is 27.2 Å². The Kier molecular flexibility index (Phi) is 17.2. The van der Waals surface area contributed by atoms with Crippen LogP contribution in [0.25, 0.3) is 0 Å². The first kappa shape index (κ1) is 38.1. The molecule has 238 valence electrons. The zero-order valence-corrected chi connectivity index (χ0v) is 27.3. The van der Waals surface area contributed by atoms with Gasteiger partial charge in [-0.25, -0.2) is 0 Å². The smallest absolute Gasteiger partial charge is 0.246 e. The molecular formula is C29H58N8O4. The van der Waals surface area contributed by atoms with Crippen molar-refractivity contribution in [2.75, 3.05) is 34.2 Å². The van der Waals surface area contributed by atoms with Crippen LogP contribution in [0.15, 0.2) is 4.99 Å². The Morgan fingerprint density at radius 3 is 1.76 bits per heavy atom. The molecule has 0 aliphatic rings. The highest BCUT2D eigenvalue weighted by atomic mass is 16.2. The van der Waals surface area contributed by atoms with E-state index in [9.17, 15) is 19.2 Å². The molecule has 0 spiro atoms. The largest absolute Gasteiger partial charge is 0.370 e. The molecule has 0 aromatic heterocycles.